The summed E-state index contributed by atoms with van der Waals surface area (Å²) in [7, 11) is 1.33. The largest absolute Gasteiger partial charge is 0.455 e. The normalized spacial score (nSPS) is 18.6. The molecule has 6 heteroatoms. The van der Waals surface area contributed by atoms with Crippen molar-refractivity contribution in [3.63, 3.8) is 0 Å². The number of terminal acetylenes is 1. The summed E-state index contributed by atoms with van der Waals surface area (Å²) >= 11 is 0. The lowest BCUT2D eigenvalue weighted by Crippen LogP contribution is -2.42. The van der Waals surface area contributed by atoms with Gasteiger partial charge in [-0.15, -0.1) is 12.3 Å². The van der Waals surface area contributed by atoms with Crippen molar-refractivity contribution in [2.24, 2.45) is 5.92 Å². The number of rotatable bonds is 4. The van der Waals surface area contributed by atoms with Crippen LogP contribution in [-0.2, 0) is 14.3 Å². The molecule has 2 atom stereocenters. The number of hydrogen-bond acceptors (Lipinski definition) is 5. The van der Waals surface area contributed by atoms with E-state index in [-0.39, 0.29) is 18.3 Å². The molecule has 0 aliphatic carbocycles. The Labute approximate surface area is 135 Å². The molecule has 122 valence electrons. The third kappa shape index (κ3) is 4.46. The maximum Gasteiger partial charge on any atom is 0.409 e. The number of carbonyl (C=O) groups is 2. The molecular formula is C17H20N2O4. The van der Waals surface area contributed by atoms with Crippen molar-refractivity contribution in [1.82, 2.24) is 9.88 Å². The summed E-state index contributed by atoms with van der Waals surface area (Å²) in [6.07, 6.45) is 7.67. The van der Waals surface area contributed by atoms with Crippen LogP contribution >= 0.6 is 0 Å². The summed E-state index contributed by atoms with van der Waals surface area (Å²) in [5.41, 5.74) is 0.624. The van der Waals surface area contributed by atoms with Gasteiger partial charge in [-0.1, -0.05) is 6.07 Å². The van der Waals surface area contributed by atoms with Gasteiger partial charge in [0.2, 0.25) is 0 Å². The maximum absolute atomic E-state index is 12.4. The Kier molecular flexibility index (Phi) is 5.98. The summed E-state index contributed by atoms with van der Waals surface area (Å²) in [5.74, 6) is 1.78. The number of ether oxygens (including phenoxy) is 2. The zero-order valence-electron chi connectivity index (χ0n) is 13.1. The highest BCUT2D eigenvalue weighted by atomic mass is 16.5. The molecule has 1 aliphatic rings. The van der Waals surface area contributed by atoms with Crippen LogP contribution in [0.25, 0.3) is 0 Å². The van der Waals surface area contributed by atoms with Gasteiger partial charge in [0.1, 0.15) is 0 Å². The van der Waals surface area contributed by atoms with Crippen molar-refractivity contribution < 1.29 is 19.1 Å². The van der Waals surface area contributed by atoms with Gasteiger partial charge in [0, 0.05) is 19.3 Å². The lowest BCUT2D eigenvalue weighted by Gasteiger charge is -2.31. The molecule has 2 heterocycles. The van der Waals surface area contributed by atoms with Crippen LogP contribution < -0.4 is 0 Å². The number of amides is 1. The minimum absolute atomic E-state index is 0.260. The van der Waals surface area contributed by atoms with Crippen LogP contribution in [0.5, 0.6) is 0 Å². The maximum atomic E-state index is 12.4. The number of aromatic nitrogens is 1. The lowest BCUT2D eigenvalue weighted by molar-refractivity contribution is -0.156. The summed E-state index contributed by atoms with van der Waals surface area (Å²) in [4.78, 5) is 29.7. The Balaban J connectivity index is 2.01. The monoisotopic (exact) mass is 316 g/mol. The lowest BCUT2D eigenvalue weighted by atomic mass is 9.98. The molecular weight excluding hydrogens is 296 g/mol. The fraction of sp³-hybridized carbons (Fsp3) is 0.471. The first-order chi connectivity index (χ1) is 11.2. The minimum atomic E-state index is -0.567. The third-order valence-corrected chi connectivity index (χ3v) is 3.77. The predicted octanol–water partition coefficient (Wildman–Crippen LogP) is 2.17. The van der Waals surface area contributed by atoms with E-state index < -0.39 is 12.2 Å². The molecule has 0 radical (unpaired) electrons. The van der Waals surface area contributed by atoms with Crippen LogP contribution in [0.1, 0.15) is 31.1 Å². The number of esters is 1. The Morgan fingerprint density at radius 3 is 3.00 bits per heavy atom. The molecule has 1 saturated heterocycles. The molecule has 2 rings (SSSR count). The van der Waals surface area contributed by atoms with Gasteiger partial charge < -0.3 is 14.4 Å². The van der Waals surface area contributed by atoms with Gasteiger partial charge in [0.25, 0.3) is 0 Å². The minimum Gasteiger partial charge on any atom is -0.455 e. The molecule has 1 aliphatic heterocycles. The number of carbonyl (C=O) groups excluding carboxylic acids is 2. The first kappa shape index (κ1) is 16.8. The summed E-state index contributed by atoms with van der Waals surface area (Å²) in [5, 5.41) is 0. The van der Waals surface area contributed by atoms with Gasteiger partial charge in [-0.25, -0.2) is 4.79 Å². The molecule has 1 fully saturated rings. The van der Waals surface area contributed by atoms with Crippen LogP contribution in [0.3, 0.4) is 0 Å². The number of hydrogen-bond donors (Lipinski definition) is 0. The Bertz CT molecular complexity index is 582. The summed E-state index contributed by atoms with van der Waals surface area (Å²) in [6.45, 7) is 0.890. The van der Waals surface area contributed by atoms with Crippen LogP contribution in [-0.4, -0.2) is 42.1 Å². The van der Waals surface area contributed by atoms with E-state index >= 15 is 0 Å². The molecule has 23 heavy (non-hydrogen) atoms. The quantitative estimate of drug-likeness (QED) is 0.629. The fourth-order valence-corrected chi connectivity index (χ4v) is 2.58. The fourth-order valence-electron chi connectivity index (χ4n) is 2.58. The van der Waals surface area contributed by atoms with E-state index in [0.717, 1.165) is 6.42 Å². The molecule has 0 spiro atoms. The second-order valence-corrected chi connectivity index (χ2v) is 5.34. The molecule has 1 aromatic rings. The van der Waals surface area contributed by atoms with E-state index in [1.165, 1.54) is 12.0 Å². The third-order valence-electron chi connectivity index (χ3n) is 3.77. The van der Waals surface area contributed by atoms with Crippen molar-refractivity contribution in [3.8, 4) is 12.3 Å². The van der Waals surface area contributed by atoms with E-state index in [1.54, 1.807) is 18.3 Å². The van der Waals surface area contributed by atoms with Gasteiger partial charge in [-0.3, -0.25) is 9.78 Å². The topological polar surface area (TPSA) is 68.7 Å². The van der Waals surface area contributed by atoms with Gasteiger partial charge in [0.15, 0.2) is 6.10 Å². The number of likely N-dealkylation sites (tertiary alicyclic amines) is 1. The zero-order valence-corrected chi connectivity index (χ0v) is 13.1. The standard InChI is InChI=1S/C17H20N2O4/c1-3-7-15(14-9-4-5-10-18-14)23-16(20)13-8-6-11-19(12-13)17(21)22-2/h1,4-5,9-10,13,15H,6-8,11-12H2,2H3/t13-,15+/m0/s1. The molecule has 0 saturated carbocycles. The van der Waals surface area contributed by atoms with Gasteiger partial charge in [0.05, 0.1) is 25.1 Å². The number of pyridine rings is 1. The van der Waals surface area contributed by atoms with E-state index in [1.807, 2.05) is 6.07 Å². The number of nitrogens with zero attached hydrogens (tertiary/aromatic N) is 2. The first-order valence-electron chi connectivity index (χ1n) is 7.53. The second-order valence-electron chi connectivity index (χ2n) is 5.34. The van der Waals surface area contributed by atoms with Gasteiger partial charge >= 0.3 is 12.1 Å². The highest BCUT2D eigenvalue weighted by molar-refractivity contribution is 5.75. The highest BCUT2D eigenvalue weighted by Crippen LogP contribution is 2.24. The molecule has 6 nitrogen and oxygen atoms in total. The summed E-state index contributed by atoms with van der Waals surface area (Å²) < 4.78 is 10.3. The van der Waals surface area contributed by atoms with Crippen molar-refractivity contribution in [2.45, 2.75) is 25.4 Å². The molecule has 0 unspecified atom stereocenters. The van der Waals surface area contributed by atoms with Gasteiger partial charge in [-0.2, -0.15) is 0 Å². The van der Waals surface area contributed by atoms with Gasteiger partial charge in [-0.05, 0) is 25.0 Å². The second kappa shape index (κ2) is 8.18. The van der Waals surface area contributed by atoms with Crippen LogP contribution in [0.4, 0.5) is 4.79 Å². The SMILES string of the molecule is C#CC[C@@H](OC(=O)[C@H]1CCCN(C(=O)OC)C1)c1ccccn1. The van der Waals surface area contributed by atoms with Crippen molar-refractivity contribution >= 4 is 12.1 Å². The zero-order chi connectivity index (χ0) is 16.7. The summed E-state index contributed by atoms with van der Waals surface area (Å²) in [6, 6.07) is 5.38. The average molecular weight is 316 g/mol. The molecule has 1 aromatic heterocycles. The Hall–Kier alpha value is -2.55. The number of piperidine rings is 1. The van der Waals surface area contributed by atoms with Crippen molar-refractivity contribution in [3.05, 3.63) is 30.1 Å². The van der Waals surface area contributed by atoms with Crippen LogP contribution in [0.15, 0.2) is 24.4 Å². The Morgan fingerprint density at radius 2 is 2.35 bits per heavy atom. The van der Waals surface area contributed by atoms with E-state index in [4.69, 9.17) is 15.9 Å². The smallest absolute Gasteiger partial charge is 0.409 e. The van der Waals surface area contributed by atoms with Crippen LogP contribution in [0.2, 0.25) is 0 Å². The van der Waals surface area contributed by atoms with E-state index in [2.05, 4.69) is 10.9 Å². The molecule has 1 amide bonds. The number of methoxy groups -OCH3 is 1. The van der Waals surface area contributed by atoms with Crippen LogP contribution in [0, 0.1) is 18.3 Å². The average Bonchev–Trinajstić information content (AvgIpc) is 2.61. The van der Waals surface area contributed by atoms with Crippen molar-refractivity contribution in [2.75, 3.05) is 20.2 Å². The van der Waals surface area contributed by atoms with E-state index in [0.29, 0.717) is 25.2 Å². The van der Waals surface area contributed by atoms with Crippen molar-refractivity contribution in [1.29, 1.82) is 0 Å². The highest BCUT2D eigenvalue weighted by Gasteiger charge is 2.31. The first-order valence-corrected chi connectivity index (χ1v) is 7.53. The Morgan fingerprint density at radius 1 is 1.52 bits per heavy atom. The molecule has 0 N–H and O–H groups in total. The molecule has 0 aromatic carbocycles. The van der Waals surface area contributed by atoms with E-state index in [9.17, 15) is 9.59 Å². The molecule has 0 bridgehead atoms. The predicted molar refractivity (Wildman–Crippen MR) is 83.2 cm³/mol.